The molecule has 2 aromatic heterocycles. The van der Waals surface area contributed by atoms with Crippen LogP contribution in [-0.2, 0) is 21.4 Å². The maximum Gasteiger partial charge on any atom is 0.242 e. The third-order valence-electron chi connectivity index (χ3n) is 5.44. The summed E-state index contributed by atoms with van der Waals surface area (Å²) in [5.41, 5.74) is 2.51. The highest BCUT2D eigenvalue weighted by atomic mass is 16.6. The van der Waals surface area contributed by atoms with E-state index in [1.165, 1.54) is 9.20 Å². The average molecular weight is 486 g/mol. The van der Waals surface area contributed by atoms with Gasteiger partial charge in [0.2, 0.25) is 11.5 Å². The van der Waals surface area contributed by atoms with Crippen LogP contribution in [0.25, 0.3) is 5.65 Å². The number of hydrogen-bond acceptors (Lipinski definition) is 8. The number of nitrogens with one attached hydrogen (secondary N) is 1. The van der Waals surface area contributed by atoms with Gasteiger partial charge in [-0.05, 0) is 43.0 Å². The number of ether oxygens (including phenoxy) is 4. The second kappa shape index (κ2) is 11.0. The van der Waals surface area contributed by atoms with Crippen LogP contribution in [0.5, 0.6) is 11.6 Å². The monoisotopic (exact) mass is 485 g/mol. The molecule has 0 aliphatic rings. The van der Waals surface area contributed by atoms with Crippen molar-refractivity contribution in [3.8, 4) is 11.6 Å². The normalized spacial score (nSPS) is 11.9. The molecule has 0 fully saturated rings. The zero-order valence-electron chi connectivity index (χ0n) is 21.5. The number of rotatable bonds is 11. The standard InChI is InChI=1S/C25H35N5O5/c1-8-34-22-9-16(2)23-28-29(24(26)30(23)27-22)13-21(31)17-10-18(25(3,4)5)12-19(11-17)35-20(14-32-6)15-33-7/h9-12,20,26H,8,13-15H2,1-7H3. The first-order valence-corrected chi connectivity index (χ1v) is 11.6. The highest BCUT2D eigenvalue weighted by Gasteiger charge is 2.21. The summed E-state index contributed by atoms with van der Waals surface area (Å²) in [6, 6.07) is 7.29. The molecule has 0 unspecified atom stereocenters. The van der Waals surface area contributed by atoms with Gasteiger partial charge < -0.3 is 18.9 Å². The SMILES string of the molecule is CCOc1cc(C)c2nn(CC(=O)c3cc(OC(COC)COC)cc(C(C)(C)C)c3)c(=N)n2n1. The van der Waals surface area contributed by atoms with E-state index in [0.29, 0.717) is 42.7 Å². The van der Waals surface area contributed by atoms with E-state index in [1.54, 1.807) is 26.4 Å². The fourth-order valence-electron chi connectivity index (χ4n) is 3.63. The summed E-state index contributed by atoms with van der Waals surface area (Å²) < 4.78 is 24.8. The lowest BCUT2D eigenvalue weighted by Gasteiger charge is -2.23. The lowest BCUT2D eigenvalue weighted by Crippen LogP contribution is -2.28. The minimum Gasteiger partial charge on any atom is -0.486 e. The number of fused-ring (bicyclic) bond motifs is 1. The minimum absolute atomic E-state index is 0.0123. The largest absolute Gasteiger partial charge is 0.486 e. The molecule has 0 amide bonds. The molecule has 10 heteroatoms. The molecule has 190 valence electrons. The first-order valence-electron chi connectivity index (χ1n) is 11.6. The molecule has 10 nitrogen and oxygen atoms in total. The maximum absolute atomic E-state index is 13.4. The van der Waals surface area contributed by atoms with Crippen LogP contribution < -0.4 is 15.1 Å². The second-order valence-corrected chi connectivity index (χ2v) is 9.39. The zero-order chi connectivity index (χ0) is 25.8. The smallest absolute Gasteiger partial charge is 0.242 e. The van der Waals surface area contributed by atoms with Gasteiger partial charge in [0.25, 0.3) is 0 Å². The number of Topliss-reactive ketones (excluding diaryl/α,β-unsaturated/α-hetero) is 1. The van der Waals surface area contributed by atoms with Gasteiger partial charge in [-0.15, -0.1) is 10.2 Å². The molecular weight excluding hydrogens is 450 g/mol. The Labute approximate surface area is 205 Å². The van der Waals surface area contributed by atoms with Gasteiger partial charge in [0.15, 0.2) is 11.4 Å². The summed E-state index contributed by atoms with van der Waals surface area (Å²) in [5, 5.41) is 17.3. The Morgan fingerprint density at radius 3 is 2.37 bits per heavy atom. The quantitative estimate of drug-likeness (QED) is 0.416. The van der Waals surface area contributed by atoms with Gasteiger partial charge >= 0.3 is 0 Å². The molecule has 0 atom stereocenters. The van der Waals surface area contributed by atoms with E-state index in [0.717, 1.165) is 11.1 Å². The Morgan fingerprint density at radius 1 is 1.09 bits per heavy atom. The molecule has 0 aliphatic carbocycles. The molecule has 0 saturated heterocycles. The molecule has 1 aromatic carbocycles. The molecule has 3 aromatic rings. The van der Waals surface area contributed by atoms with Gasteiger partial charge in [0.05, 0.1) is 19.8 Å². The summed E-state index contributed by atoms with van der Waals surface area (Å²) in [6.45, 7) is 11.0. The summed E-state index contributed by atoms with van der Waals surface area (Å²) in [5.74, 6) is 0.772. The van der Waals surface area contributed by atoms with Crippen LogP contribution in [0.1, 0.15) is 49.2 Å². The van der Waals surface area contributed by atoms with E-state index < -0.39 is 0 Å². The van der Waals surface area contributed by atoms with Crippen LogP contribution in [0.2, 0.25) is 0 Å². The second-order valence-electron chi connectivity index (χ2n) is 9.39. The lowest BCUT2D eigenvalue weighted by atomic mass is 9.85. The van der Waals surface area contributed by atoms with Gasteiger partial charge in [-0.2, -0.15) is 4.52 Å². The molecule has 35 heavy (non-hydrogen) atoms. The predicted molar refractivity (Wildman–Crippen MR) is 130 cm³/mol. The Balaban J connectivity index is 1.96. The minimum atomic E-state index is -0.315. The molecule has 1 N–H and O–H groups in total. The number of carbonyl (C=O) groups is 1. The van der Waals surface area contributed by atoms with Gasteiger partial charge in [0, 0.05) is 31.4 Å². The number of hydrogen-bond donors (Lipinski definition) is 1. The first kappa shape index (κ1) is 26.4. The lowest BCUT2D eigenvalue weighted by molar-refractivity contribution is 0.0244. The molecule has 2 heterocycles. The van der Waals surface area contributed by atoms with E-state index >= 15 is 0 Å². The highest BCUT2D eigenvalue weighted by molar-refractivity contribution is 5.96. The Kier molecular flexibility index (Phi) is 8.29. The first-order chi connectivity index (χ1) is 16.6. The van der Waals surface area contributed by atoms with Crippen molar-refractivity contribution >= 4 is 11.4 Å². The van der Waals surface area contributed by atoms with Gasteiger partial charge in [-0.3, -0.25) is 10.2 Å². The summed E-state index contributed by atoms with van der Waals surface area (Å²) >= 11 is 0. The van der Waals surface area contributed by atoms with Crippen molar-refractivity contribution in [3.05, 3.63) is 46.6 Å². The van der Waals surface area contributed by atoms with Gasteiger partial charge in [-0.1, -0.05) is 20.8 Å². The van der Waals surface area contributed by atoms with Crippen LogP contribution in [-0.4, -0.2) is 65.3 Å². The van der Waals surface area contributed by atoms with E-state index in [4.69, 9.17) is 24.4 Å². The summed E-state index contributed by atoms with van der Waals surface area (Å²) in [4.78, 5) is 13.4. The number of methoxy groups -OCH3 is 2. The topological polar surface area (TPSA) is 113 Å². The average Bonchev–Trinajstić information content (AvgIpc) is 3.09. The number of ketones is 1. The van der Waals surface area contributed by atoms with Gasteiger partial charge in [0.1, 0.15) is 18.4 Å². The molecule has 0 aliphatic heterocycles. The van der Waals surface area contributed by atoms with Gasteiger partial charge in [-0.25, -0.2) is 4.68 Å². The van der Waals surface area contributed by atoms with Crippen LogP contribution in [0.15, 0.2) is 24.3 Å². The van der Waals surface area contributed by atoms with E-state index in [2.05, 4.69) is 31.0 Å². The fourth-order valence-corrected chi connectivity index (χ4v) is 3.63. The third kappa shape index (κ3) is 6.26. The third-order valence-corrected chi connectivity index (χ3v) is 5.44. The number of carbonyl (C=O) groups excluding carboxylic acids is 1. The predicted octanol–water partition coefficient (Wildman–Crippen LogP) is 2.94. The molecule has 0 spiro atoms. The van der Waals surface area contributed by atoms with Crippen molar-refractivity contribution in [1.82, 2.24) is 19.4 Å². The Morgan fingerprint density at radius 2 is 1.77 bits per heavy atom. The number of nitrogens with zero attached hydrogens (tertiary/aromatic N) is 4. The molecule has 3 rings (SSSR count). The maximum atomic E-state index is 13.4. The van der Waals surface area contributed by atoms with Crippen LogP contribution in [0.4, 0.5) is 0 Å². The van der Waals surface area contributed by atoms with Crippen LogP contribution in [0, 0.1) is 12.3 Å². The van der Waals surface area contributed by atoms with Crippen LogP contribution >= 0.6 is 0 Å². The summed E-state index contributed by atoms with van der Waals surface area (Å²) in [7, 11) is 3.20. The zero-order valence-corrected chi connectivity index (χ0v) is 21.5. The Hall–Kier alpha value is -3.24. The molecule has 0 radical (unpaired) electrons. The highest BCUT2D eigenvalue weighted by Crippen LogP contribution is 2.29. The van der Waals surface area contributed by atoms with Crippen LogP contribution in [0.3, 0.4) is 0 Å². The van der Waals surface area contributed by atoms with Crippen molar-refractivity contribution in [2.45, 2.75) is 52.7 Å². The number of aryl methyl sites for hydroxylation is 1. The van der Waals surface area contributed by atoms with Crippen molar-refractivity contribution in [2.75, 3.05) is 34.0 Å². The van der Waals surface area contributed by atoms with Crippen molar-refractivity contribution in [1.29, 1.82) is 5.41 Å². The number of aromatic nitrogens is 4. The van der Waals surface area contributed by atoms with Crippen molar-refractivity contribution < 1.29 is 23.7 Å². The fraction of sp³-hybridized carbons (Fsp3) is 0.520. The molecule has 0 saturated carbocycles. The van der Waals surface area contributed by atoms with Crippen molar-refractivity contribution in [2.24, 2.45) is 0 Å². The molecular formula is C25H35N5O5. The summed E-state index contributed by atoms with van der Waals surface area (Å²) in [6.07, 6.45) is -0.315. The van der Waals surface area contributed by atoms with Crippen molar-refractivity contribution in [3.63, 3.8) is 0 Å². The number of benzene rings is 1. The van der Waals surface area contributed by atoms with E-state index in [9.17, 15) is 4.79 Å². The Bertz CT molecular complexity index is 1240. The van der Waals surface area contributed by atoms with E-state index in [-0.39, 0.29) is 29.5 Å². The molecule has 0 bridgehead atoms. The van der Waals surface area contributed by atoms with E-state index in [1.807, 2.05) is 26.0 Å².